The summed E-state index contributed by atoms with van der Waals surface area (Å²) in [5.74, 6) is -0.722. The fraction of sp³-hybridized carbons (Fsp3) is 0.538. The fourth-order valence-electron chi connectivity index (χ4n) is 8.25. The number of nitrogens with zero attached hydrogens (tertiary/aromatic N) is 2. The zero-order chi connectivity index (χ0) is 48.2. The summed E-state index contributed by atoms with van der Waals surface area (Å²) in [6.07, 6.45) is 13.5. The number of amides is 4. The van der Waals surface area contributed by atoms with Crippen molar-refractivity contribution >= 4 is 66.8 Å². The van der Waals surface area contributed by atoms with Crippen molar-refractivity contribution in [3.05, 3.63) is 87.4 Å². The molecule has 2 heterocycles. The largest absolute Gasteiger partial charge is 0.383 e. The molecule has 2 aliphatic rings. The van der Waals surface area contributed by atoms with E-state index in [0.29, 0.717) is 41.9 Å². The Bertz CT molecular complexity index is 2100. The second-order valence-corrected chi connectivity index (χ2v) is 17.9. The number of nitrogens with two attached hydrogens (primary N) is 3. The number of halogens is 1. The molecule has 11 N–H and O–H groups in total. The van der Waals surface area contributed by atoms with Crippen molar-refractivity contribution in [3.8, 4) is 0 Å². The van der Waals surface area contributed by atoms with Gasteiger partial charge in [0.15, 0.2) is 0 Å². The maximum absolute atomic E-state index is 13.0. The van der Waals surface area contributed by atoms with Gasteiger partial charge in [-0.3, -0.25) is 29.0 Å². The van der Waals surface area contributed by atoms with Gasteiger partial charge in [0, 0.05) is 114 Å². The number of nitrogens with one attached hydrogen (secondary N) is 5. The van der Waals surface area contributed by atoms with Crippen LogP contribution in [0.2, 0.25) is 0 Å². The van der Waals surface area contributed by atoms with Crippen molar-refractivity contribution in [3.63, 3.8) is 0 Å². The minimum Gasteiger partial charge on any atom is -0.383 e. The van der Waals surface area contributed by atoms with Crippen LogP contribution in [0.3, 0.4) is 0 Å². The quantitative estimate of drug-likeness (QED) is 0.0196. The Morgan fingerprint density at radius 2 is 0.821 bits per heavy atom. The smallest absolute Gasteiger partial charge is 0.261 e. The molecule has 2 aliphatic heterocycles. The highest BCUT2D eigenvalue weighted by atomic mass is 79.9. The van der Waals surface area contributed by atoms with E-state index in [-0.39, 0.29) is 23.6 Å². The highest BCUT2D eigenvalue weighted by molar-refractivity contribution is 9.10. The minimum absolute atomic E-state index is 0.180. The van der Waals surface area contributed by atoms with Crippen molar-refractivity contribution in [2.75, 3.05) is 96.9 Å². The summed E-state index contributed by atoms with van der Waals surface area (Å²) in [6.45, 7) is 16.0. The van der Waals surface area contributed by atoms with Gasteiger partial charge in [-0.25, -0.2) is 0 Å². The van der Waals surface area contributed by atoms with E-state index in [0.717, 1.165) is 129 Å². The topological polar surface area (TPSA) is 213 Å². The number of hydrogen-bond acceptors (Lipinski definition) is 12. The Kier molecular flexibility index (Phi) is 26.1. The van der Waals surface area contributed by atoms with E-state index in [1.165, 1.54) is 61.2 Å². The third kappa shape index (κ3) is 16.7. The Hall–Kier alpha value is -4.32. The third-order valence-electron chi connectivity index (χ3n) is 11.9. The second kappa shape index (κ2) is 31.7. The molecule has 0 unspecified atom stereocenters. The van der Waals surface area contributed by atoms with Gasteiger partial charge in [-0.05, 0) is 106 Å². The predicted octanol–water partition coefficient (Wildman–Crippen LogP) is 6.99. The van der Waals surface area contributed by atoms with Crippen molar-refractivity contribution in [2.45, 2.75) is 90.9 Å². The van der Waals surface area contributed by atoms with Crippen LogP contribution in [0.4, 0.5) is 5.69 Å². The van der Waals surface area contributed by atoms with Gasteiger partial charge < -0.3 is 43.8 Å². The molecule has 4 aromatic rings. The van der Waals surface area contributed by atoms with Crippen molar-refractivity contribution < 1.29 is 19.2 Å². The normalized spacial score (nSPS) is 13.0. The maximum Gasteiger partial charge on any atom is 0.261 e. The van der Waals surface area contributed by atoms with Gasteiger partial charge in [0.1, 0.15) is 0 Å². The number of benzene rings is 4. The number of carbonyl (C=O) groups excluding carboxylic acids is 4. The lowest BCUT2D eigenvalue weighted by Crippen LogP contribution is -2.40. The third-order valence-corrected chi connectivity index (χ3v) is 12.6. The van der Waals surface area contributed by atoms with Gasteiger partial charge in [0.05, 0.1) is 0 Å². The zero-order valence-electron chi connectivity index (χ0n) is 40.3. The molecule has 4 amide bonds. The van der Waals surface area contributed by atoms with Gasteiger partial charge in [-0.2, -0.15) is 0 Å². The van der Waals surface area contributed by atoms with Crippen LogP contribution in [0.5, 0.6) is 0 Å². The minimum atomic E-state index is -0.181. The molecule has 4 aromatic carbocycles. The van der Waals surface area contributed by atoms with Gasteiger partial charge in [-0.15, -0.1) is 0 Å². The molecule has 0 saturated heterocycles. The molecular weight excluding hydrogens is 909 g/mol. The molecule has 15 heteroatoms. The van der Waals surface area contributed by atoms with Crippen LogP contribution in [0, 0.1) is 0 Å². The number of imide groups is 2. The van der Waals surface area contributed by atoms with Crippen molar-refractivity contribution in [1.82, 2.24) is 31.1 Å². The first-order valence-electron chi connectivity index (χ1n) is 24.9. The summed E-state index contributed by atoms with van der Waals surface area (Å²) in [5, 5.41) is 20.3. The molecule has 0 fully saturated rings. The summed E-state index contributed by atoms with van der Waals surface area (Å²) in [7, 11) is 0. The molecule has 0 radical (unpaired) electrons. The van der Waals surface area contributed by atoms with E-state index < -0.39 is 0 Å². The SMILES string of the molecule is CCCCN1C(=O)c2cccc3c(Br)ccc(c23)C1=O.CCCCN1C(=O)c2cccc3c(NCCNCCCCCCNCCN)ccc(c23)C1=O.NCCNCCCCCCNCCN. The van der Waals surface area contributed by atoms with Crippen LogP contribution >= 0.6 is 15.9 Å². The van der Waals surface area contributed by atoms with E-state index in [4.69, 9.17) is 17.2 Å². The van der Waals surface area contributed by atoms with Crippen molar-refractivity contribution in [2.24, 2.45) is 17.2 Å². The molecule has 14 nitrogen and oxygen atoms in total. The number of hydrogen-bond donors (Lipinski definition) is 8. The summed E-state index contributed by atoms with van der Waals surface area (Å²) in [5.41, 5.74) is 19.6. The molecule has 0 aromatic heterocycles. The van der Waals surface area contributed by atoms with Crippen molar-refractivity contribution in [1.29, 1.82) is 0 Å². The number of carbonyl (C=O) groups is 4. The average molecular weight is 988 g/mol. The number of anilines is 1. The summed E-state index contributed by atoms with van der Waals surface area (Å²) >= 11 is 3.48. The zero-order valence-corrected chi connectivity index (χ0v) is 41.9. The van der Waals surface area contributed by atoms with Crippen LogP contribution in [0.1, 0.15) is 132 Å². The lowest BCUT2D eigenvalue weighted by molar-refractivity contribution is 0.0593. The Balaban J connectivity index is 0.000000244. The highest BCUT2D eigenvalue weighted by Crippen LogP contribution is 2.36. The Labute approximate surface area is 407 Å². The first kappa shape index (κ1) is 55.3. The second-order valence-electron chi connectivity index (χ2n) is 17.1. The van der Waals surface area contributed by atoms with Crippen LogP contribution in [0.15, 0.2) is 65.1 Å². The molecule has 0 aliphatic carbocycles. The predicted molar refractivity (Wildman–Crippen MR) is 280 cm³/mol. The fourth-order valence-corrected chi connectivity index (χ4v) is 8.71. The van der Waals surface area contributed by atoms with Crippen LogP contribution in [-0.4, -0.2) is 125 Å². The molecule has 0 bridgehead atoms. The van der Waals surface area contributed by atoms with Crippen LogP contribution < -0.4 is 43.8 Å². The molecule has 0 saturated carbocycles. The Morgan fingerprint density at radius 3 is 1.25 bits per heavy atom. The van der Waals surface area contributed by atoms with Crippen LogP contribution in [0.25, 0.3) is 21.5 Å². The maximum atomic E-state index is 13.0. The first-order valence-corrected chi connectivity index (χ1v) is 25.7. The summed E-state index contributed by atoms with van der Waals surface area (Å²) in [6, 6.07) is 18.8. The van der Waals surface area contributed by atoms with E-state index in [9.17, 15) is 19.2 Å². The van der Waals surface area contributed by atoms with Crippen LogP contribution in [-0.2, 0) is 0 Å². The van der Waals surface area contributed by atoms with E-state index in [2.05, 4.69) is 49.4 Å². The van der Waals surface area contributed by atoms with E-state index in [1.54, 1.807) is 12.1 Å². The lowest BCUT2D eigenvalue weighted by atomic mass is 9.93. The Morgan fingerprint density at radius 1 is 0.433 bits per heavy atom. The molecule has 368 valence electrons. The molecule has 6 rings (SSSR count). The van der Waals surface area contributed by atoms with Gasteiger partial charge in [-0.1, -0.05) is 92.6 Å². The molecule has 0 spiro atoms. The van der Waals surface area contributed by atoms with Gasteiger partial charge in [0.25, 0.3) is 23.6 Å². The first-order chi connectivity index (χ1) is 32.7. The highest BCUT2D eigenvalue weighted by Gasteiger charge is 2.34. The molecular formula is C52H79BrN10O4. The van der Waals surface area contributed by atoms with Gasteiger partial charge in [0.2, 0.25) is 0 Å². The average Bonchev–Trinajstić information content (AvgIpc) is 3.34. The summed E-state index contributed by atoms with van der Waals surface area (Å²) in [4.78, 5) is 53.7. The standard InChI is InChI=1S/C26H39N5O2.C16H14BrNO2.C10H26N4/c1-2-3-19-31-25(32)21-10-8-9-20-23(12-11-22(24(20)21)26(31)33)30-18-17-29-15-7-5-4-6-14-28-16-13-27;1-2-3-9-18-15(19)11-6-4-5-10-13(17)8-7-12(14(10)11)16(18)20;11-5-9-13-7-3-1-2-4-8-14-10-6-12/h8-12,28-30H,2-7,13-19,27H2,1H3;4-8H,2-3,9H2,1H3;13-14H,1-12H2. The van der Waals surface area contributed by atoms with E-state index in [1.807, 2.05) is 55.5 Å². The summed E-state index contributed by atoms with van der Waals surface area (Å²) < 4.78 is 0.903. The van der Waals surface area contributed by atoms with Gasteiger partial charge >= 0.3 is 0 Å². The number of rotatable bonds is 30. The molecule has 0 atom stereocenters. The van der Waals surface area contributed by atoms with E-state index >= 15 is 0 Å². The monoisotopic (exact) mass is 987 g/mol. The molecule has 67 heavy (non-hydrogen) atoms. The number of unbranched alkanes of at least 4 members (excludes halogenated alkanes) is 8. The lowest BCUT2D eigenvalue weighted by Gasteiger charge is -2.27.